The molecule has 0 aliphatic carbocycles. The third-order valence-electron chi connectivity index (χ3n) is 8.54. The van der Waals surface area contributed by atoms with Gasteiger partial charge < -0.3 is 24.4 Å². The molecule has 3 aliphatic rings. The number of carbonyl (C=O) groups is 3. The van der Waals surface area contributed by atoms with E-state index in [0.29, 0.717) is 31.2 Å². The molecule has 0 radical (unpaired) electrons. The average molecular weight is 645 g/mol. The number of ether oxygens (including phenoxy) is 2. The van der Waals surface area contributed by atoms with Gasteiger partial charge in [0.15, 0.2) is 0 Å². The first-order valence-electron chi connectivity index (χ1n) is 14.6. The van der Waals surface area contributed by atoms with Crippen LogP contribution in [-0.4, -0.2) is 96.6 Å². The van der Waals surface area contributed by atoms with Crippen LogP contribution >= 0.6 is 15.9 Å². The first-order chi connectivity index (χ1) is 20.4. The predicted molar refractivity (Wildman–Crippen MR) is 158 cm³/mol. The lowest BCUT2D eigenvalue weighted by Gasteiger charge is -2.37. The molecule has 42 heavy (non-hydrogen) atoms. The van der Waals surface area contributed by atoms with Gasteiger partial charge in [0.2, 0.25) is 11.8 Å². The van der Waals surface area contributed by atoms with Crippen molar-refractivity contribution in [2.45, 2.75) is 67.8 Å². The zero-order valence-electron chi connectivity index (χ0n) is 23.6. The van der Waals surface area contributed by atoms with E-state index in [2.05, 4.69) is 39.4 Å². The van der Waals surface area contributed by atoms with Crippen LogP contribution in [0.2, 0.25) is 0 Å². The molecule has 1 aromatic heterocycles. The van der Waals surface area contributed by atoms with Crippen LogP contribution in [0.1, 0.15) is 38.5 Å². The van der Waals surface area contributed by atoms with Gasteiger partial charge in [-0.2, -0.15) is 0 Å². The van der Waals surface area contributed by atoms with E-state index in [1.807, 2.05) is 30.3 Å². The van der Waals surface area contributed by atoms with Crippen molar-refractivity contribution in [1.29, 1.82) is 0 Å². The molecule has 0 saturated carbocycles. The van der Waals surface area contributed by atoms with E-state index in [9.17, 15) is 19.5 Å². The standard InChI is InChI=1S/C30H38BrN5O6/c1-3-5-6-11-17-41-29(40)23-24-27(38)35(15-9-10-16-37)26(30(24)18-20(31)25(23)42-30)28(39)34(14-4-2)19-36-22-13-8-7-12-21(22)32-33-36/h3-4,7-8,12-13,20,23-26,37H,1-2,5-6,9-11,14-19H2/t20?,23-,24+,25-,26?,30?/m1/s1. The number of aromatic nitrogens is 3. The SMILES string of the molecule is C=CCCCCOC(=O)[C@H]1[C@@H]2OC3(CC2Br)C(C(=O)N(CC=C)Cn2nnc4ccccc42)N(CCCCO)C(=O)[C@H]13. The van der Waals surface area contributed by atoms with Crippen LogP contribution in [-0.2, 0) is 30.5 Å². The number of alkyl halides is 1. The molecular formula is C30H38BrN5O6. The van der Waals surface area contributed by atoms with E-state index in [1.54, 1.807) is 20.6 Å². The Bertz CT molecular complexity index is 1330. The van der Waals surface area contributed by atoms with E-state index in [0.717, 1.165) is 18.4 Å². The van der Waals surface area contributed by atoms with Gasteiger partial charge in [-0.3, -0.25) is 14.4 Å². The van der Waals surface area contributed by atoms with Gasteiger partial charge in [0, 0.05) is 24.5 Å². The van der Waals surface area contributed by atoms with Crippen molar-refractivity contribution < 1.29 is 29.0 Å². The van der Waals surface area contributed by atoms with Crippen LogP contribution in [0, 0.1) is 11.8 Å². The Morgan fingerprint density at radius 1 is 1.21 bits per heavy atom. The number of rotatable bonds is 15. The molecule has 2 amide bonds. The summed E-state index contributed by atoms with van der Waals surface area (Å²) in [5.41, 5.74) is 0.282. The lowest BCUT2D eigenvalue weighted by atomic mass is 9.70. The fourth-order valence-electron chi connectivity index (χ4n) is 6.70. The van der Waals surface area contributed by atoms with E-state index in [-0.39, 0.29) is 49.6 Å². The molecule has 1 spiro atoms. The zero-order chi connectivity index (χ0) is 29.9. The number of aliphatic hydroxyl groups is 1. The second-order valence-electron chi connectivity index (χ2n) is 11.1. The molecule has 6 atom stereocenters. The quantitative estimate of drug-likeness (QED) is 0.136. The minimum Gasteiger partial charge on any atom is -0.465 e. The van der Waals surface area contributed by atoms with Crippen molar-refractivity contribution >= 4 is 44.7 Å². The second-order valence-corrected chi connectivity index (χ2v) is 12.3. The van der Waals surface area contributed by atoms with Crippen LogP contribution in [0.4, 0.5) is 0 Å². The fraction of sp³-hybridized carbons (Fsp3) is 0.567. The molecule has 3 saturated heterocycles. The largest absolute Gasteiger partial charge is 0.465 e. The highest BCUT2D eigenvalue weighted by Gasteiger charge is 2.77. The maximum atomic E-state index is 14.5. The number of carbonyl (C=O) groups excluding carboxylic acids is 3. The molecule has 1 aromatic carbocycles. The number of nitrogens with zero attached hydrogens (tertiary/aromatic N) is 5. The van der Waals surface area contributed by atoms with Gasteiger partial charge in [0.05, 0.1) is 30.1 Å². The summed E-state index contributed by atoms with van der Waals surface area (Å²) in [6.07, 6.45) is 6.63. The van der Waals surface area contributed by atoms with Gasteiger partial charge in [-0.25, -0.2) is 4.68 Å². The molecule has 1 N–H and O–H groups in total. The summed E-state index contributed by atoms with van der Waals surface area (Å²) in [6.45, 7) is 8.35. The van der Waals surface area contributed by atoms with E-state index in [4.69, 9.17) is 9.47 Å². The number of hydrogen-bond acceptors (Lipinski definition) is 8. The van der Waals surface area contributed by atoms with Crippen molar-refractivity contribution in [3.63, 3.8) is 0 Å². The minimum atomic E-state index is -1.19. The first-order valence-corrected chi connectivity index (χ1v) is 15.5. The molecule has 3 unspecified atom stereocenters. The van der Waals surface area contributed by atoms with Gasteiger partial charge in [-0.1, -0.05) is 45.4 Å². The van der Waals surface area contributed by atoms with Crippen molar-refractivity contribution in [2.24, 2.45) is 11.8 Å². The van der Waals surface area contributed by atoms with Gasteiger partial charge in [0.1, 0.15) is 23.8 Å². The highest BCUT2D eigenvalue weighted by Crippen LogP contribution is 2.60. The number of unbranched alkanes of at least 4 members (excludes halogenated alkanes) is 3. The van der Waals surface area contributed by atoms with Gasteiger partial charge in [0.25, 0.3) is 0 Å². The highest BCUT2D eigenvalue weighted by molar-refractivity contribution is 9.09. The van der Waals surface area contributed by atoms with Crippen LogP contribution in [0.3, 0.4) is 0 Å². The Balaban J connectivity index is 1.45. The topological polar surface area (TPSA) is 127 Å². The number of likely N-dealkylation sites (tertiary alicyclic amines) is 1. The highest BCUT2D eigenvalue weighted by atomic mass is 79.9. The van der Waals surface area contributed by atoms with E-state index >= 15 is 0 Å². The van der Waals surface area contributed by atoms with Gasteiger partial charge in [-0.05, 0) is 50.7 Å². The monoisotopic (exact) mass is 643 g/mol. The van der Waals surface area contributed by atoms with Crippen molar-refractivity contribution in [3.8, 4) is 0 Å². The molecule has 2 bridgehead atoms. The zero-order valence-corrected chi connectivity index (χ0v) is 25.2. The summed E-state index contributed by atoms with van der Waals surface area (Å²) in [5.74, 6) is -2.72. The lowest BCUT2D eigenvalue weighted by molar-refractivity contribution is -0.155. The summed E-state index contributed by atoms with van der Waals surface area (Å²) < 4.78 is 13.9. The molecule has 12 heteroatoms. The molecular weight excluding hydrogens is 606 g/mol. The predicted octanol–water partition coefficient (Wildman–Crippen LogP) is 2.82. The number of allylic oxidation sites excluding steroid dienone is 1. The first kappa shape index (κ1) is 30.4. The average Bonchev–Trinajstić information content (AvgIpc) is 3.70. The third kappa shape index (κ3) is 5.40. The number of hydrogen-bond donors (Lipinski definition) is 1. The maximum Gasteiger partial charge on any atom is 0.312 e. The molecule has 5 rings (SSSR count). The van der Waals surface area contributed by atoms with E-state index in [1.165, 1.54) is 0 Å². The number of benzene rings is 1. The van der Waals surface area contributed by atoms with Crippen LogP contribution in [0.15, 0.2) is 49.6 Å². The summed E-state index contributed by atoms with van der Waals surface area (Å²) >= 11 is 3.69. The van der Waals surface area contributed by atoms with Crippen molar-refractivity contribution in [3.05, 3.63) is 49.6 Å². The van der Waals surface area contributed by atoms with Crippen LogP contribution < -0.4 is 0 Å². The number of halogens is 1. The Kier molecular flexibility index (Phi) is 9.44. The molecule has 3 aliphatic heterocycles. The third-order valence-corrected chi connectivity index (χ3v) is 9.38. The van der Waals surface area contributed by atoms with Crippen LogP contribution in [0.5, 0.6) is 0 Å². The number of fused-ring (bicyclic) bond motifs is 2. The molecule has 2 aromatic rings. The number of amides is 2. The number of esters is 1. The number of para-hydroxylation sites is 1. The smallest absolute Gasteiger partial charge is 0.312 e. The molecule has 11 nitrogen and oxygen atoms in total. The summed E-state index contributed by atoms with van der Waals surface area (Å²) in [4.78, 5) is 45.0. The minimum absolute atomic E-state index is 0.0277. The summed E-state index contributed by atoms with van der Waals surface area (Å²) in [7, 11) is 0. The lowest BCUT2D eigenvalue weighted by Crippen LogP contribution is -2.57. The van der Waals surface area contributed by atoms with E-state index < -0.39 is 35.6 Å². The molecule has 3 fully saturated rings. The van der Waals surface area contributed by atoms with Gasteiger partial charge in [-0.15, -0.1) is 18.3 Å². The second kappa shape index (κ2) is 13.0. The summed E-state index contributed by atoms with van der Waals surface area (Å²) in [6, 6.07) is 6.52. The molecule has 4 heterocycles. The Morgan fingerprint density at radius 2 is 2.02 bits per heavy atom. The van der Waals surface area contributed by atoms with Crippen molar-refractivity contribution in [1.82, 2.24) is 24.8 Å². The Hall–Kier alpha value is -3.09. The summed E-state index contributed by atoms with van der Waals surface area (Å²) in [5, 5.41) is 17.9. The normalized spacial score (nSPS) is 27.8. The molecule has 226 valence electrons. The van der Waals surface area contributed by atoms with Crippen LogP contribution in [0.25, 0.3) is 11.0 Å². The fourth-order valence-corrected chi connectivity index (χ4v) is 7.64. The van der Waals surface area contributed by atoms with Crippen molar-refractivity contribution in [2.75, 3.05) is 26.3 Å². The number of aliphatic hydroxyl groups excluding tert-OH is 1. The van der Waals surface area contributed by atoms with Gasteiger partial charge >= 0.3 is 5.97 Å². The Labute approximate surface area is 253 Å². The Morgan fingerprint density at radius 3 is 2.79 bits per heavy atom. The maximum absolute atomic E-state index is 14.5.